The summed E-state index contributed by atoms with van der Waals surface area (Å²) in [6, 6.07) is 18.5. The van der Waals surface area contributed by atoms with Crippen molar-refractivity contribution in [2.45, 2.75) is 18.5 Å². The second kappa shape index (κ2) is 10.5. The molecule has 0 aliphatic carbocycles. The normalized spacial score (nSPS) is 15.3. The first kappa shape index (κ1) is 23.3. The zero-order chi connectivity index (χ0) is 21.2. The lowest BCUT2D eigenvalue weighted by Crippen LogP contribution is -2.36. The summed E-state index contributed by atoms with van der Waals surface area (Å²) >= 11 is 0. The number of hydrogen-bond acceptors (Lipinski definition) is 4. The highest BCUT2D eigenvalue weighted by Crippen LogP contribution is 2.28. The predicted octanol–water partition coefficient (Wildman–Crippen LogP) is 4.54. The number of phenolic OH excluding ortho intramolecular Hbond substituents is 1. The second-order valence-electron chi connectivity index (χ2n) is 5.24. The van der Waals surface area contributed by atoms with Crippen molar-refractivity contribution in [3.8, 4) is 11.5 Å². The van der Waals surface area contributed by atoms with Crippen molar-refractivity contribution < 1.29 is 45.7 Å². The molecule has 0 bridgehead atoms. The number of Topliss-reactive ketones (excluding diaryl/α,β-unsaturated/α-hetero) is 1. The fraction of sp³-hybridized carbons (Fsp3) is 0.278. The minimum atomic E-state index is -5.82. The molecule has 1 aliphatic heterocycles. The first-order valence-corrected chi connectivity index (χ1v) is 7.72. The Hall–Kier alpha value is -2.75. The number of phenols is 1. The third-order valence-corrected chi connectivity index (χ3v) is 2.85. The fourth-order valence-electron chi connectivity index (χ4n) is 1.46. The van der Waals surface area contributed by atoms with Crippen LogP contribution in [0.4, 0.5) is 26.3 Å². The fourth-order valence-corrected chi connectivity index (χ4v) is 1.46. The molecule has 1 aliphatic rings. The Kier molecular flexibility index (Phi) is 8.77. The van der Waals surface area contributed by atoms with Gasteiger partial charge in [-0.15, -0.1) is 0 Å². The third kappa shape index (κ3) is 10.4. The van der Waals surface area contributed by atoms with Gasteiger partial charge in [-0.1, -0.05) is 36.4 Å². The molecule has 0 saturated carbocycles. The molecule has 2 aromatic rings. The van der Waals surface area contributed by atoms with Crippen LogP contribution in [0.3, 0.4) is 0 Å². The van der Waals surface area contributed by atoms with Gasteiger partial charge >= 0.3 is 18.1 Å². The lowest BCUT2D eigenvalue weighted by Gasteiger charge is -2.06. The monoisotopic (exact) mass is 410 g/mol. The number of ketones is 1. The summed E-state index contributed by atoms with van der Waals surface area (Å²) in [6.45, 7) is 1.54. The summed E-state index contributed by atoms with van der Waals surface area (Å²) < 4.78 is 75.7. The molecule has 2 aromatic carbocycles. The van der Waals surface area contributed by atoms with E-state index in [9.17, 15) is 31.1 Å². The molecule has 1 N–H and O–H groups in total. The van der Waals surface area contributed by atoms with Gasteiger partial charge in [0.25, 0.3) is 0 Å². The number of carbonyl (C=O) groups excluding carboxylic acids is 1. The Morgan fingerprint density at radius 2 is 1.36 bits per heavy atom. The highest BCUT2D eigenvalue weighted by atomic mass is 19.4. The molecule has 28 heavy (non-hydrogen) atoms. The van der Waals surface area contributed by atoms with Crippen molar-refractivity contribution in [1.29, 1.82) is 0 Å². The van der Waals surface area contributed by atoms with E-state index in [-0.39, 0.29) is 0 Å². The van der Waals surface area contributed by atoms with E-state index in [4.69, 9.17) is 14.6 Å². The summed E-state index contributed by atoms with van der Waals surface area (Å²) in [6.07, 6.45) is -11.3. The zero-order valence-corrected chi connectivity index (χ0v) is 14.2. The largest absolute Gasteiger partial charge is 0.508 e. The molecular weight excluding hydrogens is 394 g/mol. The second-order valence-corrected chi connectivity index (χ2v) is 5.24. The van der Waals surface area contributed by atoms with Crippen LogP contribution in [0.5, 0.6) is 11.5 Å². The highest BCUT2D eigenvalue weighted by Gasteiger charge is 2.55. The van der Waals surface area contributed by atoms with Crippen molar-refractivity contribution in [2.75, 3.05) is 13.2 Å². The molecule has 0 spiro atoms. The van der Waals surface area contributed by atoms with Gasteiger partial charge in [-0.25, -0.2) is 0 Å². The predicted molar refractivity (Wildman–Crippen MR) is 86.9 cm³/mol. The Morgan fingerprint density at radius 1 is 0.929 bits per heavy atom. The number of hydrogen-bond donors (Lipinski definition) is 1. The number of ether oxygens (including phenoxy) is 2. The van der Waals surface area contributed by atoms with Gasteiger partial charge in [0.05, 0.1) is 6.61 Å². The van der Waals surface area contributed by atoms with E-state index in [1.165, 1.54) is 0 Å². The van der Waals surface area contributed by atoms with E-state index in [1.807, 2.05) is 36.4 Å². The minimum absolute atomic E-state index is 0.322. The summed E-state index contributed by atoms with van der Waals surface area (Å²) in [4.78, 5) is 9.24. The Balaban J connectivity index is 0.000000215. The number of aromatic hydroxyl groups is 1. The molecule has 1 atom stereocenters. The Morgan fingerprint density at radius 3 is 1.64 bits per heavy atom. The van der Waals surface area contributed by atoms with E-state index >= 15 is 0 Å². The van der Waals surface area contributed by atoms with E-state index in [2.05, 4.69) is 0 Å². The number of epoxide rings is 1. The average Bonchev–Trinajstić information content (AvgIpc) is 3.45. The number of rotatable bonds is 3. The maximum Gasteiger partial charge on any atom is 0.459 e. The van der Waals surface area contributed by atoms with Crippen molar-refractivity contribution in [2.24, 2.45) is 0 Å². The first-order valence-electron chi connectivity index (χ1n) is 7.72. The van der Waals surface area contributed by atoms with Crippen LogP contribution >= 0.6 is 0 Å². The first-order chi connectivity index (χ1) is 13.0. The van der Waals surface area contributed by atoms with E-state index in [0.717, 1.165) is 12.4 Å². The number of alkyl halides is 6. The smallest absolute Gasteiger partial charge is 0.459 e. The lowest BCUT2D eigenvalue weighted by atomic mass is 10.3. The van der Waals surface area contributed by atoms with Crippen molar-refractivity contribution >= 4 is 5.78 Å². The SMILES string of the molecule is O=C(C(F)(F)F)C(F)(F)F.Oc1ccccc1.c1ccc(OCC2CO2)cc1. The number of halogens is 6. The topological polar surface area (TPSA) is 59.1 Å². The van der Waals surface area contributed by atoms with Crippen LogP contribution in [0.2, 0.25) is 0 Å². The molecule has 4 nitrogen and oxygen atoms in total. The van der Waals surface area contributed by atoms with E-state index in [0.29, 0.717) is 18.5 Å². The van der Waals surface area contributed by atoms with E-state index < -0.39 is 18.1 Å². The molecule has 10 heteroatoms. The summed E-state index contributed by atoms with van der Waals surface area (Å²) in [5.41, 5.74) is 0. The molecule has 3 rings (SSSR count). The van der Waals surface area contributed by atoms with Crippen LogP contribution in [-0.4, -0.2) is 42.6 Å². The molecule has 154 valence electrons. The molecule has 0 aromatic heterocycles. The minimum Gasteiger partial charge on any atom is -0.508 e. The molecule has 1 heterocycles. The Bertz CT molecular complexity index is 682. The van der Waals surface area contributed by atoms with Gasteiger partial charge in [-0.2, -0.15) is 26.3 Å². The summed E-state index contributed by atoms with van der Waals surface area (Å²) in [5, 5.41) is 8.63. The third-order valence-electron chi connectivity index (χ3n) is 2.85. The van der Waals surface area contributed by atoms with Crippen molar-refractivity contribution in [3.05, 3.63) is 60.7 Å². The average molecular weight is 410 g/mol. The van der Waals surface area contributed by atoms with Crippen molar-refractivity contribution in [1.82, 2.24) is 0 Å². The van der Waals surface area contributed by atoms with Gasteiger partial charge in [0.1, 0.15) is 24.2 Å². The zero-order valence-electron chi connectivity index (χ0n) is 14.2. The van der Waals surface area contributed by atoms with Crippen LogP contribution in [0.15, 0.2) is 60.7 Å². The maximum atomic E-state index is 10.9. The molecule has 1 saturated heterocycles. The van der Waals surface area contributed by atoms with Gasteiger partial charge in [0, 0.05) is 0 Å². The van der Waals surface area contributed by atoms with Crippen LogP contribution in [0.25, 0.3) is 0 Å². The van der Waals surface area contributed by atoms with Gasteiger partial charge in [-0.05, 0) is 24.3 Å². The quantitative estimate of drug-likeness (QED) is 0.597. The van der Waals surface area contributed by atoms with Gasteiger partial charge in [0.2, 0.25) is 0 Å². The maximum absolute atomic E-state index is 10.9. The van der Waals surface area contributed by atoms with Crippen LogP contribution < -0.4 is 4.74 Å². The summed E-state index contributed by atoms with van der Waals surface area (Å²) in [7, 11) is 0. The van der Waals surface area contributed by atoms with Crippen molar-refractivity contribution in [3.63, 3.8) is 0 Å². The molecule has 0 amide bonds. The Labute approximate surface area is 156 Å². The molecule has 1 unspecified atom stereocenters. The lowest BCUT2D eigenvalue weighted by molar-refractivity contribution is -0.217. The molecular formula is C18H16F6O4. The van der Waals surface area contributed by atoms with E-state index in [1.54, 1.807) is 24.3 Å². The highest BCUT2D eigenvalue weighted by molar-refractivity contribution is 5.89. The standard InChI is InChI=1S/C9H10O2.C6H6O.C3F6O/c1-2-4-8(5-3-1)10-6-9-7-11-9;7-6-4-2-1-3-5-6;4-2(5,6)1(10)3(7,8)9/h1-5,9H,6-7H2;1-5,7H;. The molecule has 1 fully saturated rings. The van der Waals surface area contributed by atoms with Crippen LogP contribution in [-0.2, 0) is 9.53 Å². The molecule has 0 radical (unpaired) electrons. The number of para-hydroxylation sites is 2. The number of benzene rings is 2. The van der Waals surface area contributed by atoms with Gasteiger partial charge < -0.3 is 14.6 Å². The van der Waals surface area contributed by atoms with Gasteiger partial charge in [-0.3, -0.25) is 4.79 Å². The summed E-state index contributed by atoms with van der Waals surface area (Å²) in [5.74, 6) is -2.44. The van der Waals surface area contributed by atoms with Crippen LogP contribution in [0, 0.1) is 0 Å². The van der Waals surface area contributed by atoms with Crippen LogP contribution in [0.1, 0.15) is 0 Å². The van der Waals surface area contributed by atoms with Gasteiger partial charge in [0.15, 0.2) is 0 Å². The number of carbonyl (C=O) groups is 1.